The number of thioether (sulfide) groups is 1. The summed E-state index contributed by atoms with van der Waals surface area (Å²) in [5.74, 6) is 0.651. The van der Waals surface area contributed by atoms with Crippen LogP contribution in [0.1, 0.15) is 44.9 Å². The molecule has 0 bridgehead atoms. The summed E-state index contributed by atoms with van der Waals surface area (Å²) in [5, 5.41) is 0. The maximum atomic E-state index is 12.5. The van der Waals surface area contributed by atoms with E-state index < -0.39 is 0 Å². The van der Waals surface area contributed by atoms with Crippen molar-refractivity contribution < 1.29 is 4.79 Å². The fraction of sp³-hybridized carbons (Fsp3) is 0.857. The maximum Gasteiger partial charge on any atom is 0.225 e. The third-order valence-corrected chi connectivity index (χ3v) is 6.61. The van der Waals surface area contributed by atoms with Crippen molar-refractivity contribution in [1.82, 2.24) is 4.90 Å². The van der Waals surface area contributed by atoms with Gasteiger partial charge in [-0.1, -0.05) is 31.5 Å². The van der Waals surface area contributed by atoms with E-state index in [4.69, 9.17) is 18.0 Å². The minimum Gasteiger partial charge on any atom is -0.392 e. The summed E-state index contributed by atoms with van der Waals surface area (Å²) in [6.07, 6.45) is 9.76. The number of carbonyl (C=O) groups excluding carboxylic acids is 1. The Morgan fingerprint density at radius 2 is 1.84 bits per heavy atom. The smallest absolute Gasteiger partial charge is 0.225 e. The van der Waals surface area contributed by atoms with Gasteiger partial charge in [-0.3, -0.25) is 4.79 Å². The van der Waals surface area contributed by atoms with Gasteiger partial charge in [0.05, 0.1) is 9.74 Å². The molecule has 1 aliphatic carbocycles. The first-order valence-electron chi connectivity index (χ1n) is 7.23. The van der Waals surface area contributed by atoms with Gasteiger partial charge in [-0.15, -0.1) is 0 Å². The highest BCUT2D eigenvalue weighted by molar-refractivity contribution is 8.02. The molecule has 0 aromatic heterocycles. The Kier molecular flexibility index (Phi) is 5.12. The van der Waals surface area contributed by atoms with E-state index >= 15 is 0 Å². The van der Waals surface area contributed by atoms with Gasteiger partial charge >= 0.3 is 0 Å². The summed E-state index contributed by atoms with van der Waals surface area (Å²) in [6, 6.07) is 0. The van der Waals surface area contributed by atoms with E-state index in [1.54, 1.807) is 11.8 Å². The first-order valence-corrected chi connectivity index (χ1v) is 8.86. The van der Waals surface area contributed by atoms with E-state index in [1.165, 1.54) is 19.3 Å². The Labute approximate surface area is 125 Å². The van der Waals surface area contributed by atoms with Crippen LogP contribution in [0.15, 0.2) is 0 Å². The van der Waals surface area contributed by atoms with E-state index in [1.807, 2.05) is 4.90 Å². The van der Waals surface area contributed by atoms with Crippen LogP contribution in [0.2, 0.25) is 0 Å². The highest BCUT2D eigenvalue weighted by atomic mass is 32.2. The lowest BCUT2D eigenvalue weighted by Gasteiger charge is -2.41. The van der Waals surface area contributed by atoms with Gasteiger partial charge in [0.25, 0.3) is 0 Å². The molecule has 5 heteroatoms. The Balaban J connectivity index is 1.92. The molecule has 0 radical (unpaired) electrons. The predicted octanol–water partition coefficient (Wildman–Crippen LogP) is 2.58. The van der Waals surface area contributed by atoms with Gasteiger partial charge < -0.3 is 10.6 Å². The predicted molar refractivity (Wildman–Crippen MR) is 85.4 cm³/mol. The maximum absolute atomic E-state index is 12.5. The quantitative estimate of drug-likeness (QED) is 0.814. The van der Waals surface area contributed by atoms with Gasteiger partial charge in [0, 0.05) is 19.0 Å². The van der Waals surface area contributed by atoms with Gasteiger partial charge in [0.2, 0.25) is 5.91 Å². The van der Waals surface area contributed by atoms with Gasteiger partial charge in [-0.25, -0.2) is 0 Å². The average molecular weight is 300 g/mol. The molecule has 1 heterocycles. The number of likely N-dealkylation sites (tertiary alicyclic amines) is 1. The minimum atomic E-state index is -0.0846. The molecule has 108 valence electrons. The van der Waals surface area contributed by atoms with Crippen molar-refractivity contribution >= 4 is 34.9 Å². The van der Waals surface area contributed by atoms with Gasteiger partial charge in [-0.2, -0.15) is 11.8 Å². The number of nitrogens with zero attached hydrogens (tertiary/aromatic N) is 1. The molecule has 2 N–H and O–H groups in total. The molecule has 1 aliphatic heterocycles. The van der Waals surface area contributed by atoms with Crippen LogP contribution in [0.4, 0.5) is 0 Å². The molecule has 1 saturated carbocycles. The lowest BCUT2D eigenvalue weighted by molar-refractivity contribution is -0.137. The summed E-state index contributed by atoms with van der Waals surface area (Å²) in [4.78, 5) is 15.1. The number of rotatable bonds is 3. The van der Waals surface area contributed by atoms with E-state index in [0.29, 0.717) is 10.9 Å². The van der Waals surface area contributed by atoms with Crippen molar-refractivity contribution in [2.45, 2.75) is 49.7 Å². The second kappa shape index (κ2) is 6.44. The molecule has 1 amide bonds. The monoisotopic (exact) mass is 300 g/mol. The second-order valence-electron chi connectivity index (χ2n) is 5.72. The lowest BCUT2D eigenvalue weighted by Crippen LogP contribution is -2.51. The third kappa shape index (κ3) is 3.24. The molecule has 2 rings (SSSR count). The molecule has 0 atom stereocenters. The van der Waals surface area contributed by atoms with Crippen molar-refractivity contribution in [1.29, 1.82) is 0 Å². The zero-order chi connectivity index (χ0) is 13.9. The largest absolute Gasteiger partial charge is 0.392 e. The molecule has 2 aliphatic rings. The number of carbonyl (C=O) groups is 1. The molecular formula is C14H24N2OS2. The molecule has 0 spiro atoms. The standard InChI is InChI=1S/C14H24N2OS2/c1-19-14(13(15)18)7-9-16(10-8-14)12(17)11-5-3-2-4-6-11/h11H,2-10H2,1H3,(H2,15,18). The normalized spacial score (nSPS) is 24.2. The molecular weight excluding hydrogens is 276 g/mol. The minimum absolute atomic E-state index is 0.0846. The summed E-state index contributed by atoms with van der Waals surface area (Å²) in [7, 11) is 0. The van der Waals surface area contributed by atoms with Gasteiger partial charge in [0.15, 0.2) is 0 Å². The fourth-order valence-corrected chi connectivity index (χ4v) is 4.49. The second-order valence-corrected chi connectivity index (χ2v) is 7.35. The van der Waals surface area contributed by atoms with Crippen molar-refractivity contribution in [2.75, 3.05) is 19.3 Å². The van der Waals surface area contributed by atoms with E-state index in [9.17, 15) is 4.79 Å². The first kappa shape index (κ1) is 15.1. The number of amides is 1. The molecule has 0 aromatic rings. The van der Waals surface area contributed by atoms with Crippen LogP contribution in [0.5, 0.6) is 0 Å². The third-order valence-electron chi connectivity index (χ3n) is 4.68. The zero-order valence-corrected chi connectivity index (χ0v) is 13.3. The Hall–Kier alpha value is -0.290. The number of nitrogens with two attached hydrogens (primary N) is 1. The molecule has 2 fully saturated rings. The number of hydrogen-bond acceptors (Lipinski definition) is 3. The molecule has 19 heavy (non-hydrogen) atoms. The lowest BCUT2D eigenvalue weighted by atomic mass is 9.87. The SMILES string of the molecule is CSC1(C(N)=S)CCN(C(=O)C2CCCCC2)CC1. The fourth-order valence-electron chi connectivity index (χ4n) is 3.25. The van der Waals surface area contributed by atoms with E-state index in [-0.39, 0.29) is 10.7 Å². The van der Waals surface area contributed by atoms with Crippen LogP contribution >= 0.6 is 24.0 Å². The molecule has 3 nitrogen and oxygen atoms in total. The number of thiocarbonyl (C=S) groups is 1. The molecule has 0 unspecified atom stereocenters. The summed E-state index contributed by atoms with van der Waals surface area (Å²) in [5.41, 5.74) is 5.88. The van der Waals surface area contributed by atoms with Crippen LogP contribution in [-0.2, 0) is 4.79 Å². The van der Waals surface area contributed by atoms with Crippen LogP contribution < -0.4 is 5.73 Å². The Bertz CT molecular complexity index is 345. The van der Waals surface area contributed by atoms with Crippen molar-refractivity contribution in [3.05, 3.63) is 0 Å². The summed E-state index contributed by atoms with van der Waals surface area (Å²) < 4.78 is -0.0846. The number of hydrogen-bond donors (Lipinski definition) is 1. The van der Waals surface area contributed by atoms with Crippen LogP contribution in [-0.4, -0.2) is 39.9 Å². The summed E-state index contributed by atoms with van der Waals surface area (Å²) in [6.45, 7) is 1.63. The van der Waals surface area contributed by atoms with Crippen molar-refractivity contribution in [3.8, 4) is 0 Å². The van der Waals surface area contributed by atoms with Crippen molar-refractivity contribution in [3.63, 3.8) is 0 Å². The van der Waals surface area contributed by atoms with Gasteiger partial charge in [0.1, 0.15) is 0 Å². The van der Waals surface area contributed by atoms with E-state index in [2.05, 4.69) is 6.26 Å². The Morgan fingerprint density at radius 1 is 1.26 bits per heavy atom. The van der Waals surface area contributed by atoms with Crippen LogP contribution in [0.25, 0.3) is 0 Å². The highest BCUT2D eigenvalue weighted by Crippen LogP contribution is 2.36. The van der Waals surface area contributed by atoms with Crippen LogP contribution in [0, 0.1) is 5.92 Å². The van der Waals surface area contributed by atoms with Crippen LogP contribution in [0.3, 0.4) is 0 Å². The average Bonchev–Trinajstić information content (AvgIpc) is 2.47. The topological polar surface area (TPSA) is 46.3 Å². The Morgan fingerprint density at radius 3 is 2.32 bits per heavy atom. The van der Waals surface area contributed by atoms with Gasteiger partial charge in [-0.05, 0) is 31.9 Å². The van der Waals surface area contributed by atoms with Crippen molar-refractivity contribution in [2.24, 2.45) is 11.7 Å². The molecule has 1 saturated heterocycles. The summed E-state index contributed by atoms with van der Waals surface area (Å²) >= 11 is 6.96. The number of piperidine rings is 1. The zero-order valence-electron chi connectivity index (χ0n) is 11.7. The first-order chi connectivity index (χ1) is 9.09. The van der Waals surface area contributed by atoms with E-state index in [0.717, 1.165) is 38.8 Å². The molecule has 0 aromatic carbocycles. The highest BCUT2D eigenvalue weighted by Gasteiger charge is 2.39.